The molecule has 572 valence electrons. The van der Waals surface area contributed by atoms with Crippen molar-refractivity contribution in [3.05, 3.63) is 134 Å². The Labute approximate surface area is 600 Å². The van der Waals surface area contributed by atoms with Crippen LogP contribution in [0.3, 0.4) is 0 Å². The summed E-state index contributed by atoms with van der Waals surface area (Å²) in [6.07, 6.45) is 58.6. The minimum Gasteiger partial charge on any atom is -0.394 e. The quantitative estimate of drug-likeness (QED) is 0.0199. The van der Waals surface area contributed by atoms with Gasteiger partial charge in [-0.05, 0) is 103 Å². The zero-order valence-corrected chi connectivity index (χ0v) is 60.9. The monoisotopic (exact) mass is 1410 g/mol. The molecule has 0 saturated carbocycles. The fourth-order valence-electron chi connectivity index (χ4n) is 12.0. The van der Waals surface area contributed by atoms with E-state index in [4.69, 9.17) is 28.4 Å². The van der Waals surface area contributed by atoms with E-state index in [1.165, 1.54) is 96.3 Å². The SMILES string of the molecule is CC/C=C\C/C=C\C/C=C\C/C=C\C/C=C\C/C=C\C/C=C\C/C=C\C/C=C\CCCCCCCCCCCC(=O)NC(COC1OC(CO)C(OC2OC(CO)C(OC3OC(CO)C(O)C(O)C3O)C(O)C2O)C(O)C1O)C(O)/C=C/CC/C=C/CCCCCCCCCCCCCC. The van der Waals surface area contributed by atoms with Gasteiger partial charge in [-0.25, -0.2) is 0 Å². The number of rotatable bonds is 58. The van der Waals surface area contributed by atoms with Crippen molar-refractivity contribution in [2.45, 2.75) is 343 Å². The average molecular weight is 1410 g/mol. The summed E-state index contributed by atoms with van der Waals surface area (Å²) < 4.78 is 34.4. The maximum absolute atomic E-state index is 13.4. The van der Waals surface area contributed by atoms with Gasteiger partial charge in [0.1, 0.15) is 73.2 Å². The zero-order chi connectivity index (χ0) is 72.5. The Morgan fingerprint density at radius 2 is 0.700 bits per heavy atom. The van der Waals surface area contributed by atoms with Crippen LogP contribution in [0.5, 0.6) is 0 Å². The largest absolute Gasteiger partial charge is 0.394 e. The summed E-state index contributed by atoms with van der Waals surface area (Å²) in [6, 6.07) is -1.00. The first-order valence-corrected chi connectivity index (χ1v) is 38.4. The van der Waals surface area contributed by atoms with E-state index in [1.807, 2.05) is 6.08 Å². The first-order valence-electron chi connectivity index (χ1n) is 38.4. The number of hydrogen-bond donors (Lipinski definition) is 12. The van der Waals surface area contributed by atoms with Crippen molar-refractivity contribution in [2.75, 3.05) is 26.4 Å². The van der Waals surface area contributed by atoms with E-state index in [-0.39, 0.29) is 18.9 Å². The maximum Gasteiger partial charge on any atom is 0.220 e. The predicted octanol–water partition coefficient (Wildman–Crippen LogP) is 12.1. The van der Waals surface area contributed by atoms with Crippen molar-refractivity contribution in [2.24, 2.45) is 0 Å². The highest BCUT2D eigenvalue weighted by atomic mass is 16.8. The van der Waals surface area contributed by atoms with Crippen molar-refractivity contribution in [1.82, 2.24) is 5.32 Å². The van der Waals surface area contributed by atoms with Gasteiger partial charge in [-0.15, -0.1) is 0 Å². The molecule has 3 aliphatic rings. The van der Waals surface area contributed by atoms with E-state index >= 15 is 0 Å². The summed E-state index contributed by atoms with van der Waals surface area (Å²) in [5.41, 5.74) is 0. The lowest BCUT2D eigenvalue weighted by atomic mass is 9.96. The van der Waals surface area contributed by atoms with Crippen LogP contribution in [0, 0.1) is 0 Å². The number of aliphatic hydroxyl groups is 11. The molecule has 0 bridgehead atoms. The predicted molar refractivity (Wildman–Crippen MR) is 396 cm³/mol. The second kappa shape index (κ2) is 60.2. The van der Waals surface area contributed by atoms with Gasteiger partial charge in [-0.3, -0.25) is 4.79 Å². The topological polar surface area (TPSA) is 307 Å². The summed E-state index contributed by atoms with van der Waals surface area (Å²) >= 11 is 0. The van der Waals surface area contributed by atoms with E-state index in [2.05, 4.69) is 141 Å². The van der Waals surface area contributed by atoms with E-state index < -0.39 is 124 Å². The van der Waals surface area contributed by atoms with Crippen LogP contribution < -0.4 is 5.32 Å². The normalized spacial score (nSPS) is 27.2. The van der Waals surface area contributed by atoms with Crippen LogP contribution >= 0.6 is 0 Å². The molecule has 19 heteroatoms. The first kappa shape index (κ1) is 90.1. The third kappa shape index (κ3) is 40.3. The lowest BCUT2D eigenvalue weighted by Crippen LogP contribution is -2.66. The molecule has 0 spiro atoms. The minimum atomic E-state index is -1.99. The van der Waals surface area contributed by atoms with Gasteiger partial charge in [0.05, 0.1) is 38.6 Å². The molecule has 0 radical (unpaired) electrons. The Balaban J connectivity index is 1.38. The van der Waals surface area contributed by atoms with E-state index in [0.717, 1.165) is 109 Å². The molecule has 0 aromatic heterocycles. The molecule has 19 nitrogen and oxygen atoms in total. The molecule has 12 N–H and O–H groups in total. The number of unbranched alkanes of at least 4 members (excludes halogenated alkanes) is 22. The molecule has 17 atom stereocenters. The molecule has 3 rings (SSSR count). The summed E-state index contributed by atoms with van der Waals surface area (Å²) in [5, 5.41) is 121. The van der Waals surface area contributed by atoms with E-state index in [9.17, 15) is 61.0 Å². The Bertz CT molecular complexity index is 2330. The molecule has 100 heavy (non-hydrogen) atoms. The summed E-state index contributed by atoms with van der Waals surface area (Å²) in [7, 11) is 0. The first-order chi connectivity index (χ1) is 48.8. The van der Waals surface area contributed by atoms with Crippen molar-refractivity contribution in [3.63, 3.8) is 0 Å². The minimum absolute atomic E-state index is 0.220. The highest BCUT2D eigenvalue weighted by Crippen LogP contribution is 2.33. The van der Waals surface area contributed by atoms with Crippen molar-refractivity contribution >= 4 is 5.91 Å². The van der Waals surface area contributed by atoms with Crippen LogP contribution in [0.15, 0.2) is 134 Å². The van der Waals surface area contributed by atoms with Crippen LogP contribution in [-0.4, -0.2) is 193 Å². The summed E-state index contributed by atoms with van der Waals surface area (Å²) in [5.74, 6) is -0.297. The Morgan fingerprint density at radius 1 is 0.370 bits per heavy atom. The molecule has 1 amide bonds. The summed E-state index contributed by atoms with van der Waals surface area (Å²) in [6.45, 7) is 1.59. The molecule has 3 heterocycles. The highest BCUT2D eigenvalue weighted by Gasteiger charge is 2.53. The molecule has 0 aromatic rings. The molecule has 3 saturated heterocycles. The number of nitrogens with one attached hydrogen (secondary N) is 1. The Kier molecular flexibility index (Phi) is 54.3. The van der Waals surface area contributed by atoms with Gasteiger partial charge in [-0.2, -0.15) is 0 Å². The third-order valence-electron chi connectivity index (χ3n) is 18.2. The molecule has 3 fully saturated rings. The van der Waals surface area contributed by atoms with Gasteiger partial charge in [0.15, 0.2) is 18.9 Å². The van der Waals surface area contributed by atoms with Crippen molar-refractivity contribution in [3.8, 4) is 0 Å². The number of carbonyl (C=O) groups excluding carboxylic acids is 1. The molecule has 17 unspecified atom stereocenters. The number of aliphatic hydroxyl groups excluding tert-OH is 11. The van der Waals surface area contributed by atoms with Crippen LogP contribution in [0.2, 0.25) is 0 Å². The molecule has 0 aromatic carbocycles. The number of carbonyl (C=O) groups is 1. The molecular weight excluding hydrogens is 1270 g/mol. The van der Waals surface area contributed by atoms with Gasteiger partial charge in [0.2, 0.25) is 5.91 Å². The Morgan fingerprint density at radius 3 is 1.12 bits per heavy atom. The lowest BCUT2D eigenvalue weighted by Gasteiger charge is -2.48. The molecular formula is C81H135NO18. The maximum atomic E-state index is 13.4. The molecule has 0 aliphatic carbocycles. The highest BCUT2D eigenvalue weighted by molar-refractivity contribution is 5.76. The summed E-state index contributed by atoms with van der Waals surface area (Å²) in [4.78, 5) is 13.4. The van der Waals surface area contributed by atoms with Crippen molar-refractivity contribution in [1.29, 1.82) is 0 Å². The second-order valence-corrected chi connectivity index (χ2v) is 26.7. The second-order valence-electron chi connectivity index (χ2n) is 26.7. The van der Waals surface area contributed by atoms with E-state index in [0.29, 0.717) is 12.8 Å². The van der Waals surface area contributed by atoms with Crippen LogP contribution in [0.25, 0.3) is 0 Å². The Hall–Kier alpha value is -4.07. The third-order valence-corrected chi connectivity index (χ3v) is 18.2. The number of hydrogen-bond acceptors (Lipinski definition) is 18. The zero-order valence-electron chi connectivity index (χ0n) is 60.9. The average Bonchev–Trinajstić information content (AvgIpc) is 0.783. The van der Waals surface area contributed by atoms with Crippen LogP contribution in [0.1, 0.15) is 239 Å². The fourth-order valence-corrected chi connectivity index (χ4v) is 12.0. The van der Waals surface area contributed by atoms with Gasteiger partial charge < -0.3 is 89.9 Å². The van der Waals surface area contributed by atoms with Gasteiger partial charge in [0, 0.05) is 6.42 Å². The smallest absolute Gasteiger partial charge is 0.220 e. The van der Waals surface area contributed by atoms with Gasteiger partial charge >= 0.3 is 0 Å². The molecule has 3 aliphatic heterocycles. The number of ether oxygens (including phenoxy) is 6. The van der Waals surface area contributed by atoms with Gasteiger partial charge in [-0.1, -0.05) is 263 Å². The van der Waals surface area contributed by atoms with Crippen LogP contribution in [0.4, 0.5) is 0 Å². The lowest BCUT2D eigenvalue weighted by molar-refractivity contribution is -0.379. The van der Waals surface area contributed by atoms with Crippen LogP contribution in [-0.2, 0) is 33.2 Å². The standard InChI is InChI=1S/C81H135NO18/c1-3-5-7-9-11-13-15-17-19-21-23-24-25-26-27-28-29-30-31-32-33-34-35-36-37-38-39-40-41-43-45-47-49-51-53-55-57-59-69(87)82-64(65(86)58-56-54-52-50-48-46-44-42-22-20-18-16-14-12-10-8-6-4-2)63-95-79-75(93)72(90)77(67(61-84)97-79)100-81-76(94)73(91)78(68(62-85)98-81)99-80-74(92)71(89)70(88)66(60-83)96-80/h5,7,11,13,17,19,23-24,26-27,29-30,32-33,35-36,38-39,48,50,56,58,64-68,70-81,83-86,88-94H,3-4,6,8-10,12,14-16,18,20-22,25,28,31,34,37,40-47,49,51-55,57,59-63H2,1-2H3,(H,82,87)/b7-5-,13-11-,19-17-,24-23-,27-26-,30-29-,33-32-,36-35-,39-38-,50-48+,58-56+. The van der Waals surface area contributed by atoms with E-state index in [1.54, 1.807) is 6.08 Å². The van der Waals surface area contributed by atoms with Crippen molar-refractivity contribution < 1.29 is 89.4 Å². The fraction of sp³-hybridized carbons (Fsp3) is 0.716. The van der Waals surface area contributed by atoms with Gasteiger partial charge in [0.25, 0.3) is 0 Å². The number of allylic oxidation sites excluding steroid dienone is 21. The number of amides is 1.